The maximum absolute atomic E-state index is 9.88. The molecule has 0 fully saturated rings. The average Bonchev–Trinajstić information content (AvgIpc) is 2.58. The molecule has 23 heavy (non-hydrogen) atoms. The first-order valence-electron chi connectivity index (χ1n) is 6.47. The van der Waals surface area contributed by atoms with Crippen LogP contribution in [0.1, 0.15) is 11.1 Å². The minimum Gasteiger partial charge on any atom is -0.504 e. The number of nitriles is 2. The van der Waals surface area contributed by atoms with Gasteiger partial charge in [-0.15, -0.1) is 0 Å². The molecule has 0 heterocycles. The van der Waals surface area contributed by atoms with Gasteiger partial charge in [-0.05, 0) is 11.6 Å². The van der Waals surface area contributed by atoms with Gasteiger partial charge in [-0.1, -0.05) is 30.3 Å². The Balaban J connectivity index is 2.84. The lowest BCUT2D eigenvalue weighted by molar-refractivity contribution is 0.335. The molecular weight excluding hydrogens is 296 g/mol. The van der Waals surface area contributed by atoms with Gasteiger partial charge in [0.15, 0.2) is 11.5 Å². The molecule has 0 saturated heterocycles. The highest BCUT2D eigenvalue weighted by Crippen LogP contribution is 2.47. The van der Waals surface area contributed by atoms with Crippen molar-refractivity contribution in [3.63, 3.8) is 0 Å². The highest BCUT2D eigenvalue weighted by molar-refractivity contribution is 6.04. The number of hydrogen-bond acceptors (Lipinski definition) is 6. The van der Waals surface area contributed by atoms with Crippen molar-refractivity contribution in [3.8, 4) is 35.1 Å². The van der Waals surface area contributed by atoms with E-state index in [4.69, 9.17) is 4.74 Å². The topological polar surface area (TPSA) is 118 Å². The van der Waals surface area contributed by atoms with Crippen molar-refractivity contribution in [2.24, 2.45) is 0 Å². The van der Waals surface area contributed by atoms with Crippen LogP contribution in [0.4, 0.5) is 0 Å². The van der Waals surface area contributed by atoms with E-state index >= 15 is 0 Å². The van der Waals surface area contributed by atoms with Gasteiger partial charge in [0.05, 0.1) is 18.3 Å². The summed E-state index contributed by atoms with van der Waals surface area (Å²) in [4.78, 5) is 0. The van der Waals surface area contributed by atoms with Crippen LogP contribution in [-0.2, 0) is 0 Å². The SMILES string of the molecule is COc1c(/C(C#N)=C(/C#N)c2ccccc2)cc(O)c(O)c1O. The molecule has 3 N–H and O–H groups in total. The number of nitrogens with zero attached hydrogens (tertiary/aromatic N) is 2. The van der Waals surface area contributed by atoms with Gasteiger partial charge >= 0.3 is 0 Å². The molecule has 0 unspecified atom stereocenters. The second kappa shape index (κ2) is 6.42. The largest absolute Gasteiger partial charge is 0.504 e. The first-order valence-corrected chi connectivity index (χ1v) is 6.47. The second-order valence-electron chi connectivity index (χ2n) is 4.51. The number of ether oxygens (including phenoxy) is 1. The zero-order chi connectivity index (χ0) is 17.0. The van der Waals surface area contributed by atoms with Gasteiger partial charge in [-0.3, -0.25) is 0 Å². The van der Waals surface area contributed by atoms with Crippen LogP contribution in [0.2, 0.25) is 0 Å². The predicted molar refractivity (Wildman–Crippen MR) is 82.5 cm³/mol. The standard InChI is InChI=1S/C17H12N2O4/c1-23-17-11(7-14(20)15(21)16(17)22)13(9-19)12(8-18)10-5-3-2-4-6-10/h2-7,20-22H,1H3/b13-12-. The summed E-state index contributed by atoms with van der Waals surface area (Å²) in [6, 6.07) is 13.4. The van der Waals surface area contributed by atoms with Crippen LogP contribution < -0.4 is 4.74 Å². The summed E-state index contributed by atoms with van der Waals surface area (Å²) in [5.41, 5.74) is 0.459. The van der Waals surface area contributed by atoms with Crippen LogP contribution in [0.15, 0.2) is 36.4 Å². The first-order chi connectivity index (χ1) is 11.0. The third kappa shape index (κ3) is 2.74. The van der Waals surface area contributed by atoms with Gasteiger partial charge in [-0.25, -0.2) is 0 Å². The fraction of sp³-hybridized carbons (Fsp3) is 0.0588. The summed E-state index contributed by atoms with van der Waals surface area (Å²) in [5, 5.41) is 48.0. The Bertz CT molecular complexity index is 859. The lowest BCUT2D eigenvalue weighted by atomic mass is 9.95. The van der Waals surface area contributed by atoms with Gasteiger partial charge in [0.2, 0.25) is 11.5 Å². The van der Waals surface area contributed by atoms with E-state index in [1.807, 2.05) is 12.1 Å². The number of phenolic OH excluding ortho intramolecular Hbond substituents is 3. The Morgan fingerprint density at radius 1 is 0.957 bits per heavy atom. The smallest absolute Gasteiger partial charge is 0.205 e. The molecule has 0 amide bonds. The molecule has 0 saturated carbocycles. The molecule has 0 aliphatic carbocycles. The van der Waals surface area contributed by atoms with Crippen molar-refractivity contribution in [2.45, 2.75) is 0 Å². The van der Waals surface area contributed by atoms with Crippen molar-refractivity contribution in [1.82, 2.24) is 0 Å². The lowest BCUT2D eigenvalue weighted by Crippen LogP contribution is -1.95. The van der Waals surface area contributed by atoms with Crippen molar-refractivity contribution < 1.29 is 20.1 Å². The zero-order valence-electron chi connectivity index (χ0n) is 12.1. The molecule has 0 aromatic heterocycles. The lowest BCUT2D eigenvalue weighted by Gasteiger charge is -2.13. The number of methoxy groups -OCH3 is 1. The van der Waals surface area contributed by atoms with Gasteiger partial charge < -0.3 is 20.1 Å². The molecule has 6 heteroatoms. The fourth-order valence-electron chi connectivity index (χ4n) is 2.14. The normalized spacial score (nSPS) is 11.1. The summed E-state index contributed by atoms with van der Waals surface area (Å²) < 4.78 is 5.01. The van der Waals surface area contributed by atoms with Crippen LogP contribution in [0.25, 0.3) is 11.1 Å². The molecule has 2 rings (SSSR count). The van der Waals surface area contributed by atoms with Gasteiger partial charge in [-0.2, -0.15) is 10.5 Å². The van der Waals surface area contributed by atoms with E-state index in [2.05, 4.69) is 0 Å². The van der Waals surface area contributed by atoms with Gasteiger partial charge in [0.1, 0.15) is 12.1 Å². The highest BCUT2D eigenvalue weighted by Gasteiger charge is 2.23. The summed E-state index contributed by atoms with van der Waals surface area (Å²) in [6.45, 7) is 0. The van der Waals surface area contributed by atoms with Crippen molar-refractivity contribution in [2.75, 3.05) is 7.11 Å². The summed E-state index contributed by atoms with van der Waals surface area (Å²) in [6.07, 6.45) is 0. The van der Waals surface area contributed by atoms with Gasteiger partial charge in [0.25, 0.3) is 0 Å². The molecule has 2 aromatic carbocycles. The molecule has 2 aromatic rings. The fourth-order valence-corrected chi connectivity index (χ4v) is 2.14. The zero-order valence-corrected chi connectivity index (χ0v) is 12.1. The summed E-state index contributed by atoms with van der Waals surface area (Å²) in [5.74, 6) is -2.31. The maximum Gasteiger partial charge on any atom is 0.205 e. The Kier molecular flexibility index (Phi) is 4.39. The third-order valence-electron chi connectivity index (χ3n) is 3.22. The maximum atomic E-state index is 9.88. The van der Waals surface area contributed by atoms with Gasteiger partial charge in [0, 0.05) is 5.56 Å². The van der Waals surface area contributed by atoms with E-state index in [1.54, 1.807) is 30.3 Å². The number of aromatic hydroxyl groups is 3. The van der Waals surface area contributed by atoms with Crippen LogP contribution >= 0.6 is 0 Å². The van der Waals surface area contributed by atoms with Crippen molar-refractivity contribution >= 4 is 11.1 Å². The second-order valence-corrected chi connectivity index (χ2v) is 4.51. The Morgan fingerprint density at radius 3 is 2.09 bits per heavy atom. The summed E-state index contributed by atoms with van der Waals surface area (Å²) >= 11 is 0. The number of rotatable bonds is 3. The Morgan fingerprint density at radius 2 is 1.57 bits per heavy atom. The minimum absolute atomic E-state index is 0.00297. The van der Waals surface area contributed by atoms with E-state index < -0.39 is 17.2 Å². The molecule has 0 aliphatic rings. The predicted octanol–water partition coefficient (Wildman–Crippen LogP) is 2.77. The molecule has 114 valence electrons. The van der Waals surface area contributed by atoms with E-state index in [9.17, 15) is 25.8 Å². The monoisotopic (exact) mass is 308 g/mol. The molecule has 0 radical (unpaired) electrons. The summed E-state index contributed by atoms with van der Waals surface area (Å²) in [7, 11) is 1.23. The molecule has 6 nitrogen and oxygen atoms in total. The molecular formula is C17H12N2O4. The number of hydrogen-bond donors (Lipinski definition) is 3. The quantitative estimate of drug-likeness (QED) is 0.456. The molecule has 0 spiro atoms. The Labute approximate surface area is 132 Å². The molecule has 0 atom stereocenters. The van der Waals surface area contributed by atoms with Crippen LogP contribution in [0, 0.1) is 22.7 Å². The van der Waals surface area contributed by atoms with Crippen LogP contribution in [-0.4, -0.2) is 22.4 Å². The van der Waals surface area contributed by atoms with Crippen molar-refractivity contribution in [3.05, 3.63) is 47.5 Å². The van der Waals surface area contributed by atoms with Crippen molar-refractivity contribution in [1.29, 1.82) is 10.5 Å². The average molecular weight is 308 g/mol. The molecule has 0 aliphatic heterocycles. The number of allylic oxidation sites excluding steroid dienone is 2. The van der Waals surface area contributed by atoms with Crippen LogP contribution in [0.5, 0.6) is 23.0 Å². The third-order valence-corrected chi connectivity index (χ3v) is 3.22. The first kappa shape index (κ1) is 15.7. The van der Waals surface area contributed by atoms with Crippen LogP contribution in [0.3, 0.4) is 0 Å². The molecule has 0 bridgehead atoms. The minimum atomic E-state index is -0.763. The number of phenols is 3. The van der Waals surface area contributed by atoms with E-state index in [0.29, 0.717) is 5.56 Å². The highest BCUT2D eigenvalue weighted by atomic mass is 16.5. The number of benzene rings is 2. The van der Waals surface area contributed by atoms with E-state index in [0.717, 1.165) is 6.07 Å². The van der Waals surface area contributed by atoms with E-state index in [1.165, 1.54) is 7.11 Å². The van der Waals surface area contributed by atoms with E-state index in [-0.39, 0.29) is 22.5 Å². The Hall–Kier alpha value is -3.64.